The molecule has 4 N–H and O–H groups in total. The molecule has 174 valence electrons. The number of aliphatic hydroxyl groups is 2. The van der Waals surface area contributed by atoms with Crippen LogP contribution in [0.5, 0.6) is 0 Å². The van der Waals surface area contributed by atoms with Gasteiger partial charge in [0.2, 0.25) is 6.29 Å². The quantitative estimate of drug-likeness (QED) is 0.552. The smallest absolute Gasteiger partial charge is 0.385 e. The van der Waals surface area contributed by atoms with Gasteiger partial charge in [-0.3, -0.25) is 18.1 Å². The summed E-state index contributed by atoms with van der Waals surface area (Å²) in [6.45, 7) is 1.02. The topological polar surface area (TPSA) is 155 Å². The highest BCUT2D eigenvalue weighted by atomic mass is 31.2. The van der Waals surface area contributed by atoms with Crippen molar-refractivity contribution in [3.8, 4) is 0 Å². The van der Waals surface area contributed by atoms with E-state index in [-0.39, 0.29) is 24.4 Å². The van der Waals surface area contributed by atoms with Gasteiger partial charge in [-0.2, -0.15) is 4.98 Å². The Morgan fingerprint density at radius 1 is 1.34 bits per heavy atom. The highest BCUT2D eigenvalue weighted by Gasteiger charge is 2.57. The normalized spacial score (nSPS) is 35.2. The number of halogens is 2. The van der Waals surface area contributed by atoms with Gasteiger partial charge in [0.25, 0.3) is 0 Å². The second kappa shape index (κ2) is 8.27. The van der Waals surface area contributed by atoms with Crippen LogP contribution in [0, 0.1) is 11.6 Å². The maximum absolute atomic E-state index is 13.6. The number of ether oxygens (including phenoxy) is 1. The van der Waals surface area contributed by atoms with Crippen molar-refractivity contribution in [1.29, 1.82) is 0 Å². The van der Waals surface area contributed by atoms with Crippen LogP contribution in [0.4, 0.5) is 14.6 Å². The number of aliphatic hydroxyl groups excluding tert-OH is 1. The third kappa shape index (κ3) is 4.33. The minimum absolute atomic E-state index is 0.0643. The molecule has 2 aromatic rings. The highest BCUT2D eigenvalue weighted by molar-refractivity contribution is 7.48. The molecular weight excluding hydrogens is 455 g/mol. The zero-order valence-corrected chi connectivity index (χ0v) is 17.5. The Kier molecular flexibility index (Phi) is 5.92. The molecular formula is C18H20F2N3O8P. The first-order valence-corrected chi connectivity index (χ1v) is 10.9. The van der Waals surface area contributed by atoms with E-state index < -0.39 is 55.5 Å². The molecule has 2 saturated heterocycles. The van der Waals surface area contributed by atoms with Crippen molar-refractivity contribution in [3.63, 3.8) is 0 Å². The summed E-state index contributed by atoms with van der Waals surface area (Å²) in [5.41, 5.74) is 2.58. The fourth-order valence-electron chi connectivity index (χ4n) is 3.48. The largest absolute Gasteiger partial charge is 0.477 e. The SMILES string of the molecule is C[C@@]1(O)[C@H](O)C(OP2(=O)OCCC(c3cc(F)cc(F)c3)O2)O[C@H]1n1ccc(N)nc1=O. The van der Waals surface area contributed by atoms with Crippen LogP contribution in [0.1, 0.15) is 31.2 Å². The zero-order chi connectivity index (χ0) is 23.3. The fourth-order valence-corrected chi connectivity index (χ4v) is 4.94. The van der Waals surface area contributed by atoms with Gasteiger partial charge in [-0.25, -0.2) is 18.1 Å². The summed E-state index contributed by atoms with van der Waals surface area (Å²) in [6, 6.07) is 3.99. The van der Waals surface area contributed by atoms with Crippen molar-refractivity contribution < 1.29 is 41.9 Å². The zero-order valence-electron chi connectivity index (χ0n) is 16.6. The van der Waals surface area contributed by atoms with Gasteiger partial charge in [-0.1, -0.05) is 0 Å². The van der Waals surface area contributed by atoms with Crippen LogP contribution in [0.25, 0.3) is 0 Å². The van der Waals surface area contributed by atoms with Gasteiger partial charge in [-0.15, -0.1) is 0 Å². The van der Waals surface area contributed by atoms with Crippen LogP contribution in [-0.4, -0.2) is 44.4 Å². The van der Waals surface area contributed by atoms with Gasteiger partial charge < -0.3 is 20.7 Å². The molecule has 2 fully saturated rings. The first-order chi connectivity index (χ1) is 15.0. The van der Waals surface area contributed by atoms with Crippen LogP contribution in [0.3, 0.4) is 0 Å². The molecule has 1 aromatic carbocycles. The molecule has 11 nitrogen and oxygen atoms in total. The minimum Gasteiger partial charge on any atom is -0.385 e. The van der Waals surface area contributed by atoms with Crippen LogP contribution in [0.15, 0.2) is 35.3 Å². The van der Waals surface area contributed by atoms with Gasteiger partial charge in [0, 0.05) is 18.7 Å². The average molecular weight is 475 g/mol. The summed E-state index contributed by atoms with van der Waals surface area (Å²) in [7, 11) is -4.41. The number of hydrogen-bond donors (Lipinski definition) is 3. The Hall–Kier alpha value is -2.25. The number of hydrogen-bond acceptors (Lipinski definition) is 10. The number of benzene rings is 1. The van der Waals surface area contributed by atoms with Crippen molar-refractivity contribution in [2.75, 3.05) is 12.3 Å². The van der Waals surface area contributed by atoms with E-state index in [0.717, 1.165) is 16.7 Å². The summed E-state index contributed by atoms with van der Waals surface area (Å²) in [4.78, 5) is 15.7. The van der Waals surface area contributed by atoms with Gasteiger partial charge in [0.1, 0.15) is 29.2 Å². The third-order valence-corrected chi connectivity index (χ3v) is 6.58. The monoisotopic (exact) mass is 475 g/mol. The fraction of sp³-hybridized carbons (Fsp3) is 0.444. The lowest BCUT2D eigenvalue weighted by Gasteiger charge is -2.31. The van der Waals surface area contributed by atoms with E-state index in [0.29, 0.717) is 6.07 Å². The molecule has 32 heavy (non-hydrogen) atoms. The minimum atomic E-state index is -4.41. The van der Waals surface area contributed by atoms with E-state index in [1.807, 2.05) is 0 Å². The Morgan fingerprint density at radius 2 is 2.03 bits per heavy atom. The number of nitrogens with two attached hydrogens (primary N) is 1. The van der Waals surface area contributed by atoms with Crippen molar-refractivity contribution in [2.24, 2.45) is 0 Å². The molecule has 3 unspecified atom stereocenters. The molecule has 0 saturated carbocycles. The van der Waals surface area contributed by atoms with Gasteiger partial charge in [-0.05, 0) is 30.7 Å². The first kappa shape index (κ1) is 22.9. The van der Waals surface area contributed by atoms with Crippen LogP contribution in [-0.2, 0) is 22.9 Å². The molecule has 0 radical (unpaired) electrons. The Labute approximate surface area is 179 Å². The Morgan fingerprint density at radius 3 is 2.69 bits per heavy atom. The van der Waals surface area contributed by atoms with E-state index >= 15 is 0 Å². The van der Waals surface area contributed by atoms with Crippen LogP contribution >= 0.6 is 7.82 Å². The first-order valence-electron chi connectivity index (χ1n) is 9.46. The van der Waals surface area contributed by atoms with Crippen LogP contribution < -0.4 is 11.4 Å². The van der Waals surface area contributed by atoms with E-state index in [1.165, 1.54) is 19.2 Å². The van der Waals surface area contributed by atoms with E-state index in [2.05, 4.69) is 4.98 Å². The standard InChI is InChI=1S/C18H20F2N3O8P/c1-18(26)14(24)15(29-16(18)23-4-2-13(21)22-17(23)25)31-32(27)28-5-3-12(30-32)9-6-10(19)8-11(20)7-9/h2,4,6-8,12,14-16,24,26H,3,5H2,1H3,(H2,21,22,25)/t12?,14-,15?,16-,18-,32?/m1/s1. The molecule has 1 aromatic heterocycles. The number of anilines is 1. The number of nitrogens with zero attached hydrogens (tertiary/aromatic N) is 2. The number of rotatable bonds is 4. The Balaban J connectivity index is 1.55. The molecule has 14 heteroatoms. The molecule has 0 aliphatic carbocycles. The molecule has 4 rings (SSSR count). The summed E-state index contributed by atoms with van der Waals surface area (Å²) in [5, 5.41) is 21.2. The van der Waals surface area contributed by atoms with Crippen molar-refractivity contribution >= 4 is 13.6 Å². The molecule has 0 amide bonds. The van der Waals surface area contributed by atoms with E-state index in [9.17, 15) is 28.4 Å². The second-order valence-electron chi connectivity index (χ2n) is 7.54. The van der Waals surface area contributed by atoms with Crippen molar-refractivity contribution in [1.82, 2.24) is 9.55 Å². The van der Waals surface area contributed by atoms with Gasteiger partial charge in [0.15, 0.2) is 6.23 Å². The molecule has 6 atom stereocenters. The predicted octanol–water partition coefficient (Wildman–Crippen LogP) is 1.37. The lowest BCUT2D eigenvalue weighted by Crippen LogP contribution is -2.46. The lowest BCUT2D eigenvalue weighted by molar-refractivity contribution is -0.146. The number of phosphoric acid groups is 1. The predicted molar refractivity (Wildman–Crippen MR) is 103 cm³/mol. The summed E-state index contributed by atoms with van der Waals surface area (Å²) in [5.74, 6) is -1.76. The number of aromatic nitrogens is 2. The summed E-state index contributed by atoms with van der Waals surface area (Å²) in [6.07, 6.45) is -4.72. The van der Waals surface area contributed by atoms with Crippen LogP contribution in [0.2, 0.25) is 0 Å². The molecule has 0 bridgehead atoms. The van der Waals surface area contributed by atoms with Gasteiger partial charge in [0.05, 0.1) is 12.7 Å². The van der Waals surface area contributed by atoms with Gasteiger partial charge >= 0.3 is 13.5 Å². The molecule has 3 heterocycles. The van der Waals surface area contributed by atoms with E-state index in [1.54, 1.807) is 0 Å². The highest BCUT2D eigenvalue weighted by Crippen LogP contribution is 2.59. The summed E-state index contributed by atoms with van der Waals surface area (Å²) < 4.78 is 62.1. The summed E-state index contributed by atoms with van der Waals surface area (Å²) >= 11 is 0. The van der Waals surface area contributed by atoms with Crippen molar-refractivity contribution in [2.45, 2.75) is 43.7 Å². The third-order valence-electron chi connectivity index (χ3n) is 5.10. The second-order valence-corrected chi connectivity index (χ2v) is 9.12. The maximum atomic E-state index is 13.6. The maximum Gasteiger partial charge on any atom is 0.477 e. The molecule has 2 aliphatic rings. The molecule has 0 spiro atoms. The van der Waals surface area contributed by atoms with Crippen molar-refractivity contribution in [3.05, 3.63) is 58.1 Å². The average Bonchev–Trinajstić information content (AvgIpc) is 2.90. The lowest BCUT2D eigenvalue weighted by atomic mass is 9.99. The molecule has 2 aliphatic heterocycles. The van der Waals surface area contributed by atoms with E-state index in [4.69, 9.17) is 24.0 Å². The number of nitrogen functional groups attached to an aromatic ring is 1. The Bertz CT molecular complexity index is 1110. The number of phosphoric ester groups is 1.